The summed E-state index contributed by atoms with van der Waals surface area (Å²) in [5, 5.41) is 5.65. The maximum atomic E-state index is 12.3. The number of aromatic nitrogens is 1. The minimum atomic E-state index is -0.0435. The zero-order valence-corrected chi connectivity index (χ0v) is 18.2. The minimum Gasteiger partial charge on any atom is -0.326 e. The number of carbonyl (C=O) groups is 1. The molecule has 0 aliphatic carbocycles. The fourth-order valence-electron chi connectivity index (χ4n) is 2.71. The second kappa shape index (κ2) is 10.6. The molecule has 0 bridgehead atoms. The van der Waals surface area contributed by atoms with Gasteiger partial charge in [0.2, 0.25) is 5.91 Å². The molecule has 1 aromatic heterocycles. The number of hydrogen-bond donors (Lipinski definition) is 1. The van der Waals surface area contributed by atoms with Crippen LogP contribution in [0.25, 0.3) is 0 Å². The number of nitrogens with one attached hydrogen (secondary N) is 1. The first-order valence-corrected chi connectivity index (χ1v) is 11.6. The number of amides is 1. The summed E-state index contributed by atoms with van der Waals surface area (Å²) in [5.74, 6) is 0.766. The van der Waals surface area contributed by atoms with Crippen molar-refractivity contribution in [2.24, 2.45) is 0 Å². The Morgan fingerprint density at radius 3 is 2.75 bits per heavy atom. The van der Waals surface area contributed by atoms with Crippen LogP contribution >= 0.6 is 34.7 Å². The number of unbranched alkanes of at least 4 members (excludes halogenated alkanes) is 1. The molecule has 0 saturated heterocycles. The summed E-state index contributed by atoms with van der Waals surface area (Å²) in [5.41, 5.74) is 4.10. The quantitative estimate of drug-likeness (QED) is 0.388. The van der Waals surface area contributed by atoms with Crippen LogP contribution in [0.5, 0.6) is 0 Å². The summed E-state index contributed by atoms with van der Waals surface area (Å²) in [7, 11) is 0. The van der Waals surface area contributed by atoms with Crippen molar-refractivity contribution in [2.45, 2.75) is 42.7 Å². The van der Waals surface area contributed by atoms with Crippen LogP contribution in [0.2, 0.25) is 5.02 Å². The third kappa shape index (κ3) is 6.66. The molecule has 2 aromatic carbocycles. The van der Waals surface area contributed by atoms with Gasteiger partial charge in [-0.2, -0.15) is 0 Å². The number of anilines is 1. The SMILES string of the molecule is CCCCc1ccc(NC(=O)Cc2csc(SCc3cccc(Cl)c3)n2)cc1. The van der Waals surface area contributed by atoms with Crippen LogP contribution in [-0.4, -0.2) is 10.9 Å². The van der Waals surface area contributed by atoms with Crippen molar-refractivity contribution in [3.8, 4) is 0 Å². The van der Waals surface area contributed by atoms with Crippen LogP contribution in [0.3, 0.4) is 0 Å². The van der Waals surface area contributed by atoms with Crippen molar-refractivity contribution < 1.29 is 4.79 Å². The van der Waals surface area contributed by atoms with Crippen LogP contribution < -0.4 is 5.32 Å². The van der Waals surface area contributed by atoms with Gasteiger partial charge in [-0.05, 0) is 48.2 Å². The van der Waals surface area contributed by atoms with E-state index >= 15 is 0 Å². The highest BCUT2D eigenvalue weighted by molar-refractivity contribution is 8.00. The van der Waals surface area contributed by atoms with E-state index in [1.54, 1.807) is 23.1 Å². The first kappa shape index (κ1) is 20.9. The molecule has 0 spiro atoms. The van der Waals surface area contributed by atoms with Gasteiger partial charge in [0.15, 0.2) is 0 Å². The monoisotopic (exact) mass is 430 g/mol. The minimum absolute atomic E-state index is 0.0435. The average molecular weight is 431 g/mol. The lowest BCUT2D eigenvalue weighted by Crippen LogP contribution is -2.14. The molecule has 1 amide bonds. The van der Waals surface area contributed by atoms with Gasteiger partial charge in [0, 0.05) is 21.8 Å². The number of nitrogens with zero attached hydrogens (tertiary/aromatic N) is 1. The highest BCUT2D eigenvalue weighted by atomic mass is 35.5. The van der Waals surface area contributed by atoms with Crippen LogP contribution in [0.1, 0.15) is 36.6 Å². The smallest absolute Gasteiger partial charge is 0.230 e. The first-order valence-electron chi connectivity index (χ1n) is 9.33. The van der Waals surface area contributed by atoms with Crippen molar-refractivity contribution >= 4 is 46.3 Å². The fourth-order valence-corrected chi connectivity index (χ4v) is 4.71. The lowest BCUT2D eigenvalue weighted by Gasteiger charge is -2.06. The summed E-state index contributed by atoms with van der Waals surface area (Å²) in [6.45, 7) is 2.19. The Morgan fingerprint density at radius 1 is 1.18 bits per heavy atom. The van der Waals surface area contributed by atoms with Crippen LogP contribution in [0.15, 0.2) is 58.3 Å². The van der Waals surface area contributed by atoms with E-state index in [0.29, 0.717) is 0 Å². The third-order valence-corrected chi connectivity index (χ3v) is 6.56. The molecule has 0 saturated carbocycles. The van der Waals surface area contributed by atoms with E-state index in [1.165, 1.54) is 18.4 Å². The molecule has 1 N–H and O–H groups in total. The molecular formula is C22H23ClN2OS2. The Balaban J connectivity index is 1.48. The molecule has 0 aliphatic rings. The maximum Gasteiger partial charge on any atom is 0.230 e. The molecule has 146 valence electrons. The first-order chi connectivity index (χ1) is 13.6. The molecule has 0 radical (unpaired) electrons. The number of aryl methyl sites for hydroxylation is 1. The zero-order valence-electron chi connectivity index (χ0n) is 15.8. The Bertz CT molecular complexity index is 909. The molecule has 0 fully saturated rings. The standard InChI is InChI=1S/C22H23ClN2OS2/c1-2-3-5-16-8-10-19(11-9-16)24-21(26)13-20-15-28-22(25-20)27-14-17-6-4-7-18(23)12-17/h4,6-12,15H,2-3,5,13-14H2,1H3,(H,24,26). The molecule has 3 rings (SSSR count). The van der Waals surface area contributed by atoms with Crippen LogP contribution in [0.4, 0.5) is 5.69 Å². The van der Waals surface area contributed by atoms with Crippen LogP contribution in [0, 0.1) is 0 Å². The second-order valence-electron chi connectivity index (χ2n) is 6.55. The van der Waals surface area contributed by atoms with E-state index in [-0.39, 0.29) is 12.3 Å². The van der Waals surface area contributed by atoms with Crippen molar-refractivity contribution in [3.05, 3.63) is 75.8 Å². The highest BCUT2D eigenvalue weighted by Crippen LogP contribution is 2.27. The highest BCUT2D eigenvalue weighted by Gasteiger charge is 2.09. The van der Waals surface area contributed by atoms with Gasteiger partial charge >= 0.3 is 0 Å². The zero-order chi connectivity index (χ0) is 19.8. The van der Waals surface area contributed by atoms with Crippen molar-refractivity contribution in [2.75, 3.05) is 5.32 Å². The summed E-state index contributed by atoms with van der Waals surface area (Å²) in [6, 6.07) is 15.9. The van der Waals surface area contributed by atoms with Gasteiger partial charge in [0.1, 0.15) is 4.34 Å². The Morgan fingerprint density at radius 2 is 2.00 bits per heavy atom. The fraction of sp³-hybridized carbons (Fsp3) is 0.273. The maximum absolute atomic E-state index is 12.3. The number of halogens is 1. The van der Waals surface area contributed by atoms with E-state index in [1.807, 2.05) is 41.8 Å². The van der Waals surface area contributed by atoms with Gasteiger partial charge < -0.3 is 5.32 Å². The lowest BCUT2D eigenvalue weighted by molar-refractivity contribution is -0.115. The van der Waals surface area contributed by atoms with E-state index in [9.17, 15) is 4.79 Å². The molecule has 1 heterocycles. The largest absolute Gasteiger partial charge is 0.326 e. The molecule has 3 nitrogen and oxygen atoms in total. The summed E-state index contributed by atoms with van der Waals surface area (Å²) in [6.07, 6.45) is 3.74. The van der Waals surface area contributed by atoms with Crippen molar-refractivity contribution in [3.63, 3.8) is 0 Å². The summed E-state index contributed by atoms with van der Waals surface area (Å²) < 4.78 is 0.961. The normalized spacial score (nSPS) is 10.8. The molecule has 0 atom stereocenters. The predicted octanol–water partition coefficient (Wildman–Crippen LogP) is 6.61. The molecular weight excluding hydrogens is 408 g/mol. The van der Waals surface area contributed by atoms with Crippen molar-refractivity contribution in [1.82, 2.24) is 4.98 Å². The number of rotatable bonds is 9. The van der Waals surface area contributed by atoms with Gasteiger partial charge in [0.25, 0.3) is 0 Å². The Hall–Kier alpha value is -1.82. The number of hydrogen-bond acceptors (Lipinski definition) is 4. The number of thioether (sulfide) groups is 1. The third-order valence-electron chi connectivity index (χ3n) is 4.18. The lowest BCUT2D eigenvalue weighted by atomic mass is 10.1. The van der Waals surface area contributed by atoms with E-state index < -0.39 is 0 Å². The van der Waals surface area contributed by atoms with Gasteiger partial charge in [-0.1, -0.05) is 61.0 Å². The Labute approximate surface area is 179 Å². The van der Waals surface area contributed by atoms with Crippen molar-refractivity contribution in [1.29, 1.82) is 0 Å². The summed E-state index contributed by atoms with van der Waals surface area (Å²) >= 11 is 9.25. The average Bonchev–Trinajstić information content (AvgIpc) is 3.13. The second-order valence-corrected chi connectivity index (χ2v) is 9.07. The number of carbonyl (C=O) groups excluding carboxylic acids is 1. The topological polar surface area (TPSA) is 42.0 Å². The van der Waals surface area contributed by atoms with Gasteiger partial charge in [-0.15, -0.1) is 11.3 Å². The van der Waals surface area contributed by atoms with Gasteiger partial charge in [-0.25, -0.2) is 4.98 Å². The molecule has 0 aliphatic heterocycles. The molecule has 0 unspecified atom stereocenters. The van der Waals surface area contributed by atoms with E-state index in [2.05, 4.69) is 29.4 Å². The predicted molar refractivity (Wildman–Crippen MR) is 121 cm³/mol. The number of benzene rings is 2. The van der Waals surface area contributed by atoms with E-state index in [0.717, 1.165) is 38.5 Å². The van der Waals surface area contributed by atoms with Gasteiger partial charge in [0.05, 0.1) is 12.1 Å². The Kier molecular flexibility index (Phi) is 7.95. The van der Waals surface area contributed by atoms with Gasteiger partial charge in [-0.3, -0.25) is 4.79 Å². The molecule has 6 heteroatoms. The molecule has 3 aromatic rings. The van der Waals surface area contributed by atoms with E-state index in [4.69, 9.17) is 11.6 Å². The number of thiazole rings is 1. The summed E-state index contributed by atoms with van der Waals surface area (Å²) in [4.78, 5) is 16.9. The van der Waals surface area contributed by atoms with Crippen LogP contribution in [-0.2, 0) is 23.4 Å². The molecule has 28 heavy (non-hydrogen) atoms.